The summed E-state index contributed by atoms with van der Waals surface area (Å²) in [5.41, 5.74) is 6.68. The molecule has 0 radical (unpaired) electrons. The van der Waals surface area contributed by atoms with E-state index in [9.17, 15) is 4.79 Å². The van der Waals surface area contributed by atoms with Crippen LogP contribution < -0.4 is 11.1 Å². The fourth-order valence-corrected chi connectivity index (χ4v) is 1.54. The predicted octanol–water partition coefficient (Wildman–Crippen LogP) is 0.579. The second kappa shape index (κ2) is 5.27. The van der Waals surface area contributed by atoms with E-state index in [1.165, 1.54) is 0 Å². The van der Waals surface area contributed by atoms with Crippen LogP contribution in [0.2, 0.25) is 0 Å². The second-order valence-corrected chi connectivity index (χ2v) is 3.51. The molecule has 0 saturated carbocycles. The van der Waals surface area contributed by atoms with Gasteiger partial charge in [-0.15, -0.1) is 0 Å². The molecule has 0 aliphatic heterocycles. The minimum Gasteiger partial charge on any atom is -0.348 e. The van der Waals surface area contributed by atoms with Crippen molar-refractivity contribution in [3.63, 3.8) is 0 Å². The van der Waals surface area contributed by atoms with Crippen molar-refractivity contribution in [2.75, 3.05) is 13.1 Å². The van der Waals surface area contributed by atoms with Crippen LogP contribution in [0.1, 0.15) is 10.4 Å². The number of nitrogens with zero attached hydrogens (tertiary/aromatic N) is 2. The van der Waals surface area contributed by atoms with E-state index < -0.39 is 0 Å². The summed E-state index contributed by atoms with van der Waals surface area (Å²) in [5, 5.41) is 6.88. The maximum atomic E-state index is 11.9. The number of amides is 1. The van der Waals surface area contributed by atoms with Crippen LogP contribution in [0.25, 0.3) is 5.52 Å². The Hall–Kier alpha value is -2.14. The first kappa shape index (κ1) is 11.3. The minimum absolute atomic E-state index is 0.132. The SMILES string of the molecule is NC/C=C/CNC(=O)c1cnn2ccccc12. The Morgan fingerprint density at radius 3 is 3.18 bits per heavy atom. The largest absolute Gasteiger partial charge is 0.348 e. The van der Waals surface area contributed by atoms with E-state index in [1.54, 1.807) is 23.0 Å². The molecule has 2 rings (SSSR count). The highest BCUT2D eigenvalue weighted by molar-refractivity contribution is 6.00. The molecule has 17 heavy (non-hydrogen) atoms. The van der Waals surface area contributed by atoms with E-state index in [0.717, 1.165) is 5.52 Å². The first-order chi connectivity index (χ1) is 8.33. The molecule has 0 fully saturated rings. The Balaban J connectivity index is 2.11. The van der Waals surface area contributed by atoms with Gasteiger partial charge in [-0.05, 0) is 12.1 Å². The summed E-state index contributed by atoms with van der Waals surface area (Å²) in [6.07, 6.45) is 7.00. The first-order valence-electron chi connectivity index (χ1n) is 5.38. The van der Waals surface area contributed by atoms with Gasteiger partial charge in [-0.25, -0.2) is 4.52 Å². The van der Waals surface area contributed by atoms with Crippen LogP contribution in [-0.2, 0) is 0 Å². The lowest BCUT2D eigenvalue weighted by atomic mass is 10.2. The molecule has 2 aromatic rings. The molecule has 88 valence electrons. The first-order valence-corrected chi connectivity index (χ1v) is 5.38. The molecule has 0 bridgehead atoms. The van der Waals surface area contributed by atoms with Crippen molar-refractivity contribution in [3.8, 4) is 0 Å². The third kappa shape index (κ3) is 2.51. The molecule has 0 unspecified atom stereocenters. The quantitative estimate of drug-likeness (QED) is 0.755. The number of hydrogen-bond acceptors (Lipinski definition) is 3. The molecule has 5 heteroatoms. The number of nitrogens with two attached hydrogens (primary N) is 1. The van der Waals surface area contributed by atoms with Gasteiger partial charge in [0, 0.05) is 19.3 Å². The van der Waals surface area contributed by atoms with Gasteiger partial charge in [-0.1, -0.05) is 18.2 Å². The molecule has 3 N–H and O–H groups in total. The summed E-state index contributed by atoms with van der Waals surface area (Å²) in [7, 11) is 0. The van der Waals surface area contributed by atoms with Crippen LogP contribution in [0.4, 0.5) is 0 Å². The molecule has 0 aliphatic carbocycles. The lowest BCUT2D eigenvalue weighted by Crippen LogP contribution is -2.23. The summed E-state index contributed by atoms with van der Waals surface area (Å²) >= 11 is 0. The van der Waals surface area contributed by atoms with Crippen molar-refractivity contribution in [1.82, 2.24) is 14.9 Å². The van der Waals surface area contributed by atoms with Gasteiger partial charge in [0.2, 0.25) is 0 Å². The smallest absolute Gasteiger partial charge is 0.255 e. The summed E-state index contributed by atoms with van der Waals surface area (Å²) < 4.78 is 1.67. The molecule has 0 atom stereocenters. The molecule has 2 heterocycles. The summed E-state index contributed by atoms with van der Waals surface area (Å²) in [6.45, 7) is 0.951. The summed E-state index contributed by atoms with van der Waals surface area (Å²) in [5.74, 6) is -0.132. The summed E-state index contributed by atoms with van der Waals surface area (Å²) in [6, 6.07) is 5.60. The van der Waals surface area contributed by atoms with Crippen molar-refractivity contribution in [1.29, 1.82) is 0 Å². The number of nitrogens with one attached hydrogen (secondary N) is 1. The van der Waals surface area contributed by atoms with Crippen LogP contribution in [0, 0.1) is 0 Å². The molecule has 0 aromatic carbocycles. The van der Waals surface area contributed by atoms with E-state index in [2.05, 4.69) is 10.4 Å². The van der Waals surface area contributed by atoms with Crippen LogP contribution in [0.15, 0.2) is 42.7 Å². The van der Waals surface area contributed by atoms with E-state index in [1.807, 2.05) is 24.3 Å². The monoisotopic (exact) mass is 230 g/mol. The Morgan fingerprint density at radius 1 is 1.47 bits per heavy atom. The maximum Gasteiger partial charge on any atom is 0.255 e. The molecular formula is C12H14N4O. The van der Waals surface area contributed by atoms with E-state index in [0.29, 0.717) is 18.7 Å². The van der Waals surface area contributed by atoms with Gasteiger partial charge in [0.1, 0.15) is 0 Å². The Bertz CT molecular complexity index is 544. The maximum absolute atomic E-state index is 11.9. The third-order valence-corrected chi connectivity index (χ3v) is 2.35. The number of rotatable bonds is 4. The van der Waals surface area contributed by atoms with Gasteiger partial charge in [0.05, 0.1) is 17.3 Å². The van der Waals surface area contributed by atoms with Crippen LogP contribution in [-0.4, -0.2) is 28.6 Å². The zero-order valence-electron chi connectivity index (χ0n) is 9.34. The third-order valence-electron chi connectivity index (χ3n) is 2.35. The minimum atomic E-state index is -0.132. The standard InChI is InChI=1S/C12H14N4O/c13-6-2-3-7-14-12(17)10-9-15-16-8-4-1-5-11(10)16/h1-5,8-9H,6-7,13H2,(H,14,17)/b3-2+. The number of hydrogen-bond donors (Lipinski definition) is 2. The second-order valence-electron chi connectivity index (χ2n) is 3.51. The van der Waals surface area contributed by atoms with E-state index in [4.69, 9.17) is 5.73 Å². The lowest BCUT2D eigenvalue weighted by Gasteiger charge is -2.00. The fourth-order valence-electron chi connectivity index (χ4n) is 1.54. The van der Waals surface area contributed by atoms with Gasteiger partial charge < -0.3 is 11.1 Å². The number of fused-ring (bicyclic) bond motifs is 1. The topological polar surface area (TPSA) is 72.4 Å². The van der Waals surface area contributed by atoms with Crippen molar-refractivity contribution >= 4 is 11.4 Å². The number of aromatic nitrogens is 2. The zero-order chi connectivity index (χ0) is 12.1. The zero-order valence-corrected chi connectivity index (χ0v) is 9.34. The van der Waals surface area contributed by atoms with E-state index in [-0.39, 0.29) is 5.91 Å². The highest BCUT2D eigenvalue weighted by Gasteiger charge is 2.10. The highest BCUT2D eigenvalue weighted by Crippen LogP contribution is 2.09. The van der Waals surface area contributed by atoms with Gasteiger partial charge in [-0.2, -0.15) is 5.10 Å². The molecule has 2 aromatic heterocycles. The molecule has 1 amide bonds. The van der Waals surface area contributed by atoms with Gasteiger partial charge in [0.15, 0.2) is 0 Å². The molecule has 0 saturated heterocycles. The van der Waals surface area contributed by atoms with Crippen molar-refractivity contribution < 1.29 is 4.79 Å². The van der Waals surface area contributed by atoms with Crippen LogP contribution in [0.3, 0.4) is 0 Å². The van der Waals surface area contributed by atoms with Crippen molar-refractivity contribution in [2.24, 2.45) is 5.73 Å². The molecule has 5 nitrogen and oxygen atoms in total. The Morgan fingerprint density at radius 2 is 2.35 bits per heavy atom. The molecule has 0 aliphatic rings. The fraction of sp³-hybridized carbons (Fsp3) is 0.167. The number of carbonyl (C=O) groups is 1. The average molecular weight is 230 g/mol. The molecular weight excluding hydrogens is 216 g/mol. The summed E-state index contributed by atoms with van der Waals surface area (Å²) in [4.78, 5) is 11.9. The van der Waals surface area contributed by atoms with Gasteiger partial charge in [0.25, 0.3) is 5.91 Å². The molecule has 0 spiro atoms. The van der Waals surface area contributed by atoms with Crippen molar-refractivity contribution in [3.05, 3.63) is 48.3 Å². The van der Waals surface area contributed by atoms with Crippen molar-refractivity contribution in [2.45, 2.75) is 0 Å². The van der Waals surface area contributed by atoms with Gasteiger partial charge >= 0.3 is 0 Å². The normalized spacial score (nSPS) is 11.1. The Kier molecular flexibility index (Phi) is 3.52. The highest BCUT2D eigenvalue weighted by atomic mass is 16.1. The predicted molar refractivity (Wildman–Crippen MR) is 65.7 cm³/mol. The van der Waals surface area contributed by atoms with Crippen LogP contribution in [0.5, 0.6) is 0 Å². The average Bonchev–Trinajstić information content (AvgIpc) is 2.78. The van der Waals surface area contributed by atoms with Gasteiger partial charge in [-0.3, -0.25) is 4.79 Å². The number of pyridine rings is 1. The lowest BCUT2D eigenvalue weighted by molar-refractivity contribution is 0.0959. The Labute approximate surface area is 98.9 Å². The van der Waals surface area contributed by atoms with Crippen LogP contribution >= 0.6 is 0 Å². The van der Waals surface area contributed by atoms with E-state index >= 15 is 0 Å². The number of carbonyl (C=O) groups excluding carboxylic acids is 1.